The molecule has 2 amide bonds. The Hall–Kier alpha value is -2.03. The Kier molecular flexibility index (Phi) is 3.28. The van der Waals surface area contributed by atoms with Crippen molar-refractivity contribution in [3.05, 3.63) is 48.0 Å². The maximum Gasteiger partial charge on any atom is 0.315 e. The van der Waals surface area contributed by atoms with E-state index in [4.69, 9.17) is 0 Å². The molecule has 3 heteroatoms. The molecule has 0 aliphatic heterocycles. The van der Waals surface area contributed by atoms with E-state index in [2.05, 4.69) is 28.8 Å². The summed E-state index contributed by atoms with van der Waals surface area (Å²) in [4.78, 5) is 11.3. The van der Waals surface area contributed by atoms with Crippen LogP contribution in [0.4, 0.5) is 4.79 Å². The Labute approximate surface area is 101 Å². The normalized spacial score (nSPS) is 12.1. The lowest BCUT2D eigenvalue weighted by atomic mass is 10.00. The minimum absolute atomic E-state index is 0.0129. The van der Waals surface area contributed by atoms with Gasteiger partial charge in [0.15, 0.2) is 0 Å². The molecule has 0 saturated carbocycles. The van der Waals surface area contributed by atoms with Crippen LogP contribution in [-0.4, -0.2) is 13.1 Å². The van der Waals surface area contributed by atoms with Gasteiger partial charge in [0.25, 0.3) is 0 Å². The van der Waals surface area contributed by atoms with E-state index in [1.165, 1.54) is 10.8 Å². The largest absolute Gasteiger partial charge is 0.341 e. The first-order valence-electron chi connectivity index (χ1n) is 5.68. The van der Waals surface area contributed by atoms with Gasteiger partial charge in [-0.2, -0.15) is 0 Å². The van der Waals surface area contributed by atoms with Gasteiger partial charge >= 0.3 is 6.03 Å². The van der Waals surface area contributed by atoms with Gasteiger partial charge in [0.2, 0.25) is 0 Å². The van der Waals surface area contributed by atoms with Crippen LogP contribution in [0.5, 0.6) is 0 Å². The highest BCUT2D eigenvalue weighted by Crippen LogP contribution is 2.23. The molecule has 0 radical (unpaired) electrons. The van der Waals surface area contributed by atoms with Crippen molar-refractivity contribution in [1.29, 1.82) is 0 Å². The zero-order valence-electron chi connectivity index (χ0n) is 10.0. The number of benzene rings is 2. The fourth-order valence-corrected chi connectivity index (χ4v) is 1.97. The summed E-state index contributed by atoms with van der Waals surface area (Å²) in [6, 6.07) is 14.1. The quantitative estimate of drug-likeness (QED) is 0.815. The molecule has 0 fully saturated rings. The van der Waals surface area contributed by atoms with Gasteiger partial charge in [-0.3, -0.25) is 0 Å². The van der Waals surface area contributed by atoms with Crippen LogP contribution >= 0.6 is 0 Å². The first-order valence-corrected chi connectivity index (χ1v) is 5.68. The molecule has 3 nitrogen and oxygen atoms in total. The van der Waals surface area contributed by atoms with E-state index in [1.807, 2.05) is 31.2 Å². The molecule has 0 aliphatic carbocycles. The first-order chi connectivity index (χ1) is 8.22. The van der Waals surface area contributed by atoms with Crippen LogP contribution in [0.1, 0.15) is 18.5 Å². The molecule has 0 spiro atoms. The predicted molar refractivity (Wildman–Crippen MR) is 70.0 cm³/mol. The highest BCUT2D eigenvalue weighted by Gasteiger charge is 2.10. The number of urea groups is 1. The van der Waals surface area contributed by atoms with Crippen LogP contribution < -0.4 is 10.6 Å². The smallest absolute Gasteiger partial charge is 0.315 e. The van der Waals surface area contributed by atoms with Crippen LogP contribution in [0.2, 0.25) is 0 Å². The van der Waals surface area contributed by atoms with Crippen LogP contribution in [0, 0.1) is 0 Å². The third-order valence-corrected chi connectivity index (χ3v) is 2.86. The number of rotatable bonds is 2. The monoisotopic (exact) mass is 228 g/mol. The molecule has 17 heavy (non-hydrogen) atoms. The zero-order valence-corrected chi connectivity index (χ0v) is 10.0. The van der Waals surface area contributed by atoms with Crippen molar-refractivity contribution in [2.75, 3.05) is 7.05 Å². The van der Waals surface area contributed by atoms with Gasteiger partial charge in [0, 0.05) is 7.05 Å². The standard InChI is InChI=1S/C14H16N2O/c1-10(16-14(17)15-2)12-9-5-7-11-6-3-4-8-13(11)12/h3-10H,1-2H3,(H2,15,16,17). The fourth-order valence-electron chi connectivity index (χ4n) is 1.97. The molecular weight excluding hydrogens is 212 g/mol. The Bertz CT molecular complexity index is 531. The number of nitrogens with one attached hydrogen (secondary N) is 2. The number of amides is 2. The van der Waals surface area contributed by atoms with Crippen molar-refractivity contribution in [3.63, 3.8) is 0 Å². The molecular formula is C14H16N2O. The summed E-state index contributed by atoms with van der Waals surface area (Å²) >= 11 is 0. The fraction of sp³-hybridized carbons (Fsp3) is 0.214. The van der Waals surface area contributed by atoms with E-state index < -0.39 is 0 Å². The van der Waals surface area contributed by atoms with E-state index in [9.17, 15) is 4.79 Å². The summed E-state index contributed by atoms with van der Waals surface area (Å²) < 4.78 is 0. The van der Waals surface area contributed by atoms with E-state index in [0.717, 1.165) is 5.56 Å². The Morgan fingerprint density at radius 2 is 1.82 bits per heavy atom. The lowest BCUT2D eigenvalue weighted by molar-refractivity contribution is 0.240. The molecule has 88 valence electrons. The van der Waals surface area contributed by atoms with Gasteiger partial charge < -0.3 is 10.6 Å². The third kappa shape index (κ3) is 2.38. The van der Waals surface area contributed by atoms with Crippen LogP contribution in [0.3, 0.4) is 0 Å². The first kappa shape index (κ1) is 11.5. The van der Waals surface area contributed by atoms with Crippen molar-refractivity contribution in [3.8, 4) is 0 Å². The van der Waals surface area contributed by atoms with Gasteiger partial charge in [0.1, 0.15) is 0 Å². The maximum absolute atomic E-state index is 11.3. The van der Waals surface area contributed by atoms with Crippen LogP contribution in [-0.2, 0) is 0 Å². The number of carbonyl (C=O) groups excluding carboxylic acids is 1. The molecule has 0 heterocycles. The number of hydrogen-bond donors (Lipinski definition) is 2. The average Bonchev–Trinajstić information content (AvgIpc) is 2.37. The topological polar surface area (TPSA) is 41.1 Å². The molecule has 2 N–H and O–H groups in total. The number of hydrogen-bond acceptors (Lipinski definition) is 1. The van der Waals surface area contributed by atoms with Gasteiger partial charge in [-0.25, -0.2) is 4.79 Å². The summed E-state index contributed by atoms with van der Waals surface area (Å²) in [6.07, 6.45) is 0. The average molecular weight is 228 g/mol. The predicted octanol–water partition coefficient (Wildman–Crippen LogP) is 2.83. The molecule has 0 aromatic heterocycles. The minimum Gasteiger partial charge on any atom is -0.341 e. The second-order valence-electron chi connectivity index (χ2n) is 4.01. The number of carbonyl (C=O) groups is 1. The van der Waals surface area contributed by atoms with Crippen molar-refractivity contribution >= 4 is 16.8 Å². The summed E-state index contributed by atoms with van der Waals surface area (Å²) in [5, 5.41) is 7.82. The van der Waals surface area contributed by atoms with Crippen LogP contribution in [0.15, 0.2) is 42.5 Å². The van der Waals surface area contributed by atoms with Crippen molar-refractivity contribution in [2.24, 2.45) is 0 Å². The minimum atomic E-state index is -0.162. The highest BCUT2D eigenvalue weighted by molar-refractivity contribution is 5.86. The van der Waals surface area contributed by atoms with Gasteiger partial charge in [-0.15, -0.1) is 0 Å². The molecule has 2 rings (SSSR count). The summed E-state index contributed by atoms with van der Waals surface area (Å²) in [7, 11) is 1.62. The van der Waals surface area contributed by atoms with Crippen molar-refractivity contribution in [2.45, 2.75) is 13.0 Å². The van der Waals surface area contributed by atoms with Gasteiger partial charge in [-0.1, -0.05) is 42.5 Å². The van der Waals surface area contributed by atoms with Gasteiger partial charge in [0.05, 0.1) is 6.04 Å². The van der Waals surface area contributed by atoms with E-state index in [0.29, 0.717) is 0 Å². The second-order valence-corrected chi connectivity index (χ2v) is 4.01. The maximum atomic E-state index is 11.3. The van der Waals surface area contributed by atoms with Crippen molar-refractivity contribution in [1.82, 2.24) is 10.6 Å². The molecule has 0 saturated heterocycles. The highest BCUT2D eigenvalue weighted by atomic mass is 16.2. The Morgan fingerprint density at radius 1 is 1.12 bits per heavy atom. The second kappa shape index (κ2) is 4.87. The summed E-state index contributed by atoms with van der Waals surface area (Å²) in [5.74, 6) is 0. The van der Waals surface area contributed by atoms with E-state index >= 15 is 0 Å². The Balaban J connectivity index is 2.38. The molecule has 0 aliphatic rings. The van der Waals surface area contributed by atoms with E-state index in [1.54, 1.807) is 7.05 Å². The SMILES string of the molecule is CNC(=O)NC(C)c1cccc2ccccc12. The zero-order chi connectivity index (χ0) is 12.3. The Morgan fingerprint density at radius 3 is 2.59 bits per heavy atom. The molecule has 1 atom stereocenters. The van der Waals surface area contributed by atoms with Gasteiger partial charge in [-0.05, 0) is 23.3 Å². The molecule has 0 bridgehead atoms. The summed E-state index contributed by atoms with van der Waals surface area (Å²) in [6.45, 7) is 1.98. The number of fused-ring (bicyclic) bond motifs is 1. The summed E-state index contributed by atoms with van der Waals surface area (Å²) in [5.41, 5.74) is 1.13. The lowest BCUT2D eigenvalue weighted by Gasteiger charge is -2.16. The lowest BCUT2D eigenvalue weighted by Crippen LogP contribution is -2.34. The van der Waals surface area contributed by atoms with Crippen molar-refractivity contribution < 1.29 is 4.79 Å². The molecule has 2 aromatic rings. The molecule has 1 unspecified atom stereocenters. The van der Waals surface area contributed by atoms with E-state index in [-0.39, 0.29) is 12.1 Å². The van der Waals surface area contributed by atoms with Crippen LogP contribution in [0.25, 0.3) is 10.8 Å². The third-order valence-electron chi connectivity index (χ3n) is 2.86. The molecule has 2 aromatic carbocycles.